The molecule has 28 heavy (non-hydrogen) atoms. The minimum absolute atomic E-state index is 0.0314. The monoisotopic (exact) mass is 376 g/mol. The zero-order valence-electron chi connectivity index (χ0n) is 15.2. The molecule has 142 valence electrons. The van der Waals surface area contributed by atoms with Crippen LogP contribution in [0.2, 0.25) is 0 Å². The quantitative estimate of drug-likeness (QED) is 0.707. The molecule has 1 N–H and O–H groups in total. The summed E-state index contributed by atoms with van der Waals surface area (Å²) in [6.45, 7) is 1.34. The van der Waals surface area contributed by atoms with Crippen molar-refractivity contribution in [2.24, 2.45) is 5.92 Å². The standard InChI is InChI=1S/C20H20N6O2/c27-19-11-16(13-25(19)14-17-3-1-2-7-22-17)20(28)24-18-6-10-23-26(18)12-15-4-8-21-9-5-15/h1-10,16H,11-14H2,(H,24,28). The molecule has 2 amide bonds. The maximum absolute atomic E-state index is 12.7. The van der Waals surface area contributed by atoms with Gasteiger partial charge in [-0.1, -0.05) is 6.07 Å². The van der Waals surface area contributed by atoms with Gasteiger partial charge in [0, 0.05) is 37.6 Å². The van der Waals surface area contributed by atoms with Crippen LogP contribution in [0.3, 0.4) is 0 Å². The fourth-order valence-corrected chi connectivity index (χ4v) is 3.24. The Morgan fingerprint density at radius 3 is 2.71 bits per heavy atom. The summed E-state index contributed by atoms with van der Waals surface area (Å²) < 4.78 is 1.72. The summed E-state index contributed by atoms with van der Waals surface area (Å²) in [5.41, 5.74) is 1.85. The number of rotatable bonds is 6. The van der Waals surface area contributed by atoms with Crippen LogP contribution < -0.4 is 5.32 Å². The molecule has 1 unspecified atom stereocenters. The van der Waals surface area contributed by atoms with E-state index < -0.39 is 0 Å². The van der Waals surface area contributed by atoms with Gasteiger partial charge in [0.2, 0.25) is 11.8 Å². The Hall–Kier alpha value is -3.55. The first-order valence-electron chi connectivity index (χ1n) is 9.08. The Labute approximate surface area is 162 Å². The van der Waals surface area contributed by atoms with Gasteiger partial charge in [-0.25, -0.2) is 4.68 Å². The van der Waals surface area contributed by atoms with Crippen LogP contribution in [0.15, 0.2) is 61.2 Å². The molecular weight excluding hydrogens is 356 g/mol. The van der Waals surface area contributed by atoms with Crippen molar-refractivity contribution in [2.45, 2.75) is 19.5 Å². The van der Waals surface area contributed by atoms with Gasteiger partial charge in [-0.15, -0.1) is 0 Å². The van der Waals surface area contributed by atoms with Crippen LogP contribution >= 0.6 is 0 Å². The van der Waals surface area contributed by atoms with Gasteiger partial charge in [0.05, 0.1) is 30.9 Å². The molecule has 1 fully saturated rings. The molecule has 8 heteroatoms. The van der Waals surface area contributed by atoms with E-state index in [0.717, 1.165) is 11.3 Å². The topological polar surface area (TPSA) is 93.0 Å². The van der Waals surface area contributed by atoms with Crippen LogP contribution in [0.1, 0.15) is 17.7 Å². The number of nitrogens with one attached hydrogen (secondary N) is 1. The van der Waals surface area contributed by atoms with Crippen LogP contribution in [0, 0.1) is 5.92 Å². The molecule has 1 atom stereocenters. The summed E-state index contributed by atoms with van der Waals surface area (Å²) in [6, 6.07) is 11.1. The van der Waals surface area contributed by atoms with Gasteiger partial charge >= 0.3 is 0 Å². The maximum atomic E-state index is 12.7. The lowest BCUT2D eigenvalue weighted by molar-refractivity contribution is -0.128. The SMILES string of the molecule is O=C(Nc1ccnn1Cc1ccncc1)C1CC(=O)N(Cc2ccccn2)C1. The van der Waals surface area contributed by atoms with Crippen molar-refractivity contribution in [1.29, 1.82) is 0 Å². The number of nitrogens with zero attached hydrogens (tertiary/aromatic N) is 5. The van der Waals surface area contributed by atoms with Gasteiger partial charge in [-0.3, -0.25) is 19.6 Å². The molecule has 3 aromatic rings. The Bertz CT molecular complexity index is 957. The fourth-order valence-electron chi connectivity index (χ4n) is 3.24. The molecule has 3 aromatic heterocycles. The number of pyridine rings is 2. The molecular formula is C20H20N6O2. The molecule has 0 spiro atoms. The van der Waals surface area contributed by atoms with Crippen molar-refractivity contribution in [3.8, 4) is 0 Å². The first-order valence-corrected chi connectivity index (χ1v) is 9.08. The molecule has 0 saturated carbocycles. The van der Waals surface area contributed by atoms with Crippen LogP contribution in [-0.4, -0.2) is 43.0 Å². The summed E-state index contributed by atoms with van der Waals surface area (Å²) in [7, 11) is 0. The van der Waals surface area contributed by atoms with Crippen LogP contribution in [0.25, 0.3) is 0 Å². The van der Waals surface area contributed by atoms with Crippen molar-refractivity contribution in [1.82, 2.24) is 24.6 Å². The predicted octanol–water partition coefficient (Wildman–Crippen LogP) is 1.71. The first-order chi connectivity index (χ1) is 13.7. The highest BCUT2D eigenvalue weighted by atomic mass is 16.2. The zero-order valence-corrected chi connectivity index (χ0v) is 15.2. The van der Waals surface area contributed by atoms with E-state index in [1.54, 1.807) is 40.4 Å². The van der Waals surface area contributed by atoms with E-state index in [0.29, 0.717) is 25.5 Å². The minimum atomic E-state index is -0.388. The molecule has 0 radical (unpaired) electrons. The van der Waals surface area contributed by atoms with Gasteiger partial charge in [0.15, 0.2) is 0 Å². The molecule has 0 aromatic carbocycles. The highest BCUT2D eigenvalue weighted by Crippen LogP contribution is 2.21. The highest BCUT2D eigenvalue weighted by Gasteiger charge is 2.34. The van der Waals surface area contributed by atoms with Gasteiger partial charge in [-0.2, -0.15) is 5.10 Å². The zero-order chi connectivity index (χ0) is 19.3. The molecule has 0 bridgehead atoms. The van der Waals surface area contributed by atoms with Crippen molar-refractivity contribution in [2.75, 3.05) is 11.9 Å². The molecule has 4 heterocycles. The van der Waals surface area contributed by atoms with Crippen molar-refractivity contribution < 1.29 is 9.59 Å². The van der Waals surface area contributed by atoms with Crippen LogP contribution in [-0.2, 0) is 22.7 Å². The number of carbonyl (C=O) groups excluding carboxylic acids is 2. The van der Waals surface area contributed by atoms with E-state index in [-0.39, 0.29) is 24.2 Å². The summed E-state index contributed by atoms with van der Waals surface area (Å²) in [6.07, 6.45) is 6.99. The normalized spacial score (nSPS) is 16.4. The first kappa shape index (κ1) is 17.8. The second-order valence-corrected chi connectivity index (χ2v) is 6.72. The number of hydrogen-bond acceptors (Lipinski definition) is 5. The average molecular weight is 376 g/mol. The number of likely N-dealkylation sites (tertiary alicyclic amines) is 1. The van der Waals surface area contributed by atoms with E-state index in [4.69, 9.17) is 0 Å². The molecule has 1 aliphatic heterocycles. The van der Waals surface area contributed by atoms with E-state index in [9.17, 15) is 9.59 Å². The smallest absolute Gasteiger partial charge is 0.230 e. The minimum Gasteiger partial charge on any atom is -0.336 e. The van der Waals surface area contributed by atoms with Gasteiger partial charge in [0.25, 0.3) is 0 Å². The summed E-state index contributed by atoms with van der Waals surface area (Å²) in [5, 5.41) is 7.18. The van der Waals surface area contributed by atoms with Crippen LogP contribution in [0.5, 0.6) is 0 Å². The largest absolute Gasteiger partial charge is 0.336 e. The number of carbonyl (C=O) groups is 2. The Morgan fingerprint density at radius 2 is 1.93 bits per heavy atom. The highest BCUT2D eigenvalue weighted by molar-refractivity contribution is 5.96. The number of amides is 2. The third-order valence-corrected chi connectivity index (χ3v) is 4.71. The van der Waals surface area contributed by atoms with Crippen molar-refractivity contribution in [3.63, 3.8) is 0 Å². The maximum Gasteiger partial charge on any atom is 0.230 e. The molecule has 0 aliphatic carbocycles. The summed E-state index contributed by atoms with van der Waals surface area (Å²) >= 11 is 0. The predicted molar refractivity (Wildman–Crippen MR) is 102 cm³/mol. The van der Waals surface area contributed by atoms with Gasteiger partial charge in [0.1, 0.15) is 5.82 Å². The lowest BCUT2D eigenvalue weighted by Gasteiger charge is -2.16. The second kappa shape index (κ2) is 7.99. The summed E-state index contributed by atoms with van der Waals surface area (Å²) in [4.78, 5) is 34.9. The van der Waals surface area contributed by atoms with Crippen molar-refractivity contribution in [3.05, 3.63) is 72.4 Å². The number of aromatic nitrogens is 4. The molecule has 1 saturated heterocycles. The van der Waals surface area contributed by atoms with Gasteiger partial charge in [-0.05, 0) is 29.8 Å². The van der Waals surface area contributed by atoms with E-state index in [2.05, 4.69) is 20.4 Å². The Morgan fingerprint density at radius 1 is 1.07 bits per heavy atom. The summed E-state index contributed by atoms with van der Waals surface area (Å²) in [5.74, 6) is 0.0161. The van der Waals surface area contributed by atoms with E-state index in [1.165, 1.54) is 0 Å². The Kier molecular flexibility index (Phi) is 5.09. The fraction of sp³-hybridized carbons (Fsp3) is 0.250. The average Bonchev–Trinajstić information content (AvgIpc) is 3.30. The number of hydrogen-bond donors (Lipinski definition) is 1. The van der Waals surface area contributed by atoms with E-state index >= 15 is 0 Å². The number of anilines is 1. The lowest BCUT2D eigenvalue weighted by atomic mass is 10.1. The van der Waals surface area contributed by atoms with Crippen molar-refractivity contribution >= 4 is 17.6 Å². The van der Waals surface area contributed by atoms with E-state index in [1.807, 2.05) is 30.3 Å². The van der Waals surface area contributed by atoms with Crippen LogP contribution in [0.4, 0.5) is 5.82 Å². The molecule has 8 nitrogen and oxygen atoms in total. The third kappa shape index (κ3) is 4.06. The molecule has 4 rings (SSSR count). The Balaban J connectivity index is 1.38. The lowest BCUT2D eigenvalue weighted by Crippen LogP contribution is -2.28. The van der Waals surface area contributed by atoms with Gasteiger partial charge < -0.3 is 10.2 Å². The molecule has 1 aliphatic rings. The third-order valence-electron chi connectivity index (χ3n) is 4.71. The second-order valence-electron chi connectivity index (χ2n) is 6.72.